The maximum absolute atomic E-state index is 8.87. The number of aromatic nitrogens is 1. The predicted octanol–water partition coefficient (Wildman–Crippen LogP) is 5.45. The van der Waals surface area contributed by atoms with Gasteiger partial charge in [0.1, 0.15) is 0 Å². The van der Waals surface area contributed by atoms with Gasteiger partial charge in [-0.3, -0.25) is 5.43 Å². The van der Waals surface area contributed by atoms with Crippen LogP contribution in [0.5, 0.6) is 0 Å². The van der Waals surface area contributed by atoms with Crippen molar-refractivity contribution in [1.29, 1.82) is 5.26 Å². The number of benzene rings is 2. The van der Waals surface area contributed by atoms with Crippen LogP contribution in [0.15, 0.2) is 65.1 Å². The first-order valence-electron chi connectivity index (χ1n) is 7.42. The monoisotopic (exact) mass is 364 g/mol. The van der Waals surface area contributed by atoms with E-state index in [1.807, 2.05) is 53.9 Å². The molecule has 3 rings (SSSR count). The summed E-state index contributed by atoms with van der Waals surface area (Å²) < 4.78 is 0. The van der Waals surface area contributed by atoms with Gasteiger partial charge in [-0.15, -0.1) is 11.3 Å². The highest BCUT2D eigenvalue weighted by Crippen LogP contribution is 2.25. The summed E-state index contributed by atoms with van der Waals surface area (Å²) in [6.45, 7) is 0. The van der Waals surface area contributed by atoms with Crippen LogP contribution in [0.4, 0.5) is 5.13 Å². The first-order chi connectivity index (χ1) is 12.2. The Labute approximate surface area is 154 Å². The highest BCUT2D eigenvalue weighted by atomic mass is 35.5. The molecule has 25 heavy (non-hydrogen) atoms. The van der Waals surface area contributed by atoms with Crippen LogP contribution in [0, 0.1) is 11.3 Å². The number of hydrazone groups is 1. The van der Waals surface area contributed by atoms with E-state index in [0.29, 0.717) is 15.7 Å². The summed E-state index contributed by atoms with van der Waals surface area (Å²) in [5.74, 6) is 0. The highest BCUT2D eigenvalue weighted by molar-refractivity contribution is 7.14. The molecule has 0 radical (unpaired) electrons. The minimum atomic E-state index is 0.634. The van der Waals surface area contributed by atoms with Crippen molar-refractivity contribution in [2.45, 2.75) is 0 Å². The molecule has 1 heterocycles. The molecule has 0 aliphatic rings. The molecule has 0 unspecified atom stereocenters. The van der Waals surface area contributed by atoms with E-state index in [1.165, 1.54) is 11.3 Å². The summed E-state index contributed by atoms with van der Waals surface area (Å²) in [5, 5.41) is 16.4. The number of halogens is 1. The third kappa shape index (κ3) is 4.77. The standard InChI is InChI=1S/C19H13ClN4S/c20-17-8-6-16(7-9-17)18-13-25-19(23-18)24-22-10-2-5-14-3-1-4-15(11-14)12-21/h1-11,13H,(H,23,24)/b5-2+,22-10+. The van der Waals surface area contributed by atoms with Gasteiger partial charge in [0.2, 0.25) is 5.13 Å². The van der Waals surface area contributed by atoms with Crippen LogP contribution in [-0.2, 0) is 0 Å². The number of nitriles is 1. The van der Waals surface area contributed by atoms with E-state index >= 15 is 0 Å². The first kappa shape index (κ1) is 16.9. The van der Waals surface area contributed by atoms with E-state index in [2.05, 4.69) is 21.6 Å². The largest absolute Gasteiger partial charge is 0.253 e. The van der Waals surface area contributed by atoms with Crippen molar-refractivity contribution < 1.29 is 0 Å². The first-order valence-corrected chi connectivity index (χ1v) is 8.68. The van der Waals surface area contributed by atoms with Gasteiger partial charge in [-0.2, -0.15) is 10.4 Å². The number of nitrogens with zero attached hydrogens (tertiary/aromatic N) is 3. The Bertz CT molecular complexity index is 952. The van der Waals surface area contributed by atoms with Crippen molar-refractivity contribution in [3.05, 3.63) is 76.1 Å². The lowest BCUT2D eigenvalue weighted by Crippen LogP contribution is -1.87. The fourth-order valence-electron chi connectivity index (χ4n) is 2.08. The average Bonchev–Trinajstić information content (AvgIpc) is 3.11. The van der Waals surface area contributed by atoms with Crippen LogP contribution < -0.4 is 5.43 Å². The van der Waals surface area contributed by atoms with Gasteiger partial charge >= 0.3 is 0 Å². The van der Waals surface area contributed by atoms with Crippen molar-refractivity contribution in [2.75, 3.05) is 5.43 Å². The number of rotatable bonds is 5. The van der Waals surface area contributed by atoms with Crippen molar-refractivity contribution in [3.63, 3.8) is 0 Å². The van der Waals surface area contributed by atoms with Gasteiger partial charge in [0.15, 0.2) is 0 Å². The Kier molecular flexibility index (Phi) is 5.57. The number of allylic oxidation sites excluding steroid dienone is 1. The molecule has 0 amide bonds. The second-order valence-corrected chi connectivity index (χ2v) is 6.33. The zero-order valence-corrected chi connectivity index (χ0v) is 14.6. The van der Waals surface area contributed by atoms with Crippen molar-refractivity contribution in [1.82, 2.24) is 4.98 Å². The van der Waals surface area contributed by atoms with Gasteiger partial charge < -0.3 is 0 Å². The van der Waals surface area contributed by atoms with E-state index in [9.17, 15) is 0 Å². The van der Waals surface area contributed by atoms with Crippen molar-refractivity contribution in [3.8, 4) is 17.3 Å². The number of hydrogen-bond acceptors (Lipinski definition) is 5. The minimum Gasteiger partial charge on any atom is -0.253 e. The minimum absolute atomic E-state index is 0.634. The fourth-order valence-corrected chi connectivity index (χ4v) is 2.87. The molecule has 0 fully saturated rings. The molecular formula is C19H13ClN4S. The lowest BCUT2D eigenvalue weighted by Gasteiger charge is -1.96. The summed E-state index contributed by atoms with van der Waals surface area (Å²) in [4.78, 5) is 4.48. The lowest BCUT2D eigenvalue weighted by atomic mass is 10.1. The van der Waals surface area contributed by atoms with Crippen LogP contribution in [0.2, 0.25) is 5.02 Å². The van der Waals surface area contributed by atoms with Crippen LogP contribution >= 0.6 is 22.9 Å². The molecule has 0 atom stereocenters. The Morgan fingerprint density at radius 3 is 2.84 bits per heavy atom. The highest BCUT2D eigenvalue weighted by Gasteiger charge is 2.03. The molecule has 1 aromatic heterocycles. The zero-order valence-electron chi connectivity index (χ0n) is 13.1. The molecule has 1 N–H and O–H groups in total. The molecule has 0 bridgehead atoms. The van der Waals surface area contributed by atoms with E-state index in [4.69, 9.17) is 16.9 Å². The van der Waals surface area contributed by atoms with Gasteiger partial charge in [-0.1, -0.05) is 41.9 Å². The van der Waals surface area contributed by atoms with E-state index in [0.717, 1.165) is 16.8 Å². The Hall–Kier alpha value is -2.94. The van der Waals surface area contributed by atoms with Crippen molar-refractivity contribution >= 4 is 40.4 Å². The molecule has 0 saturated carbocycles. The van der Waals surface area contributed by atoms with Gasteiger partial charge in [0, 0.05) is 22.2 Å². The summed E-state index contributed by atoms with van der Waals surface area (Å²) in [6, 6.07) is 17.0. The molecule has 0 aliphatic carbocycles. The Morgan fingerprint density at radius 1 is 1.20 bits per heavy atom. The zero-order chi connectivity index (χ0) is 17.5. The topological polar surface area (TPSA) is 61.1 Å². The summed E-state index contributed by atoms with van der Waals surface area (Å²) in [7, 11) is 0. The van der Waals surface area contributed by atoms with Gasteiger partial charge in [-0.05, 0) is 35.9 Å². The third-order valence-corrected chi connectivity index (χ3v) is 4.27. The molecular weight excluding hydrogens is 352 g/mol. The average molecular weight is 365 g/mol. The quantitative estimate of drug-likeness (QED) is 0.484. The molecule has 2 aromatic carbocycles. The fraction of sp³-hybridized carbons (Fsp3) is 0. The maximum Gasteiger partial charge on any atom is 0.203 e. The summed E-state index contributed by atoms with van der Waals surface area (Å²) in [5.41, 5.74) is 6.37. The maximum atomic E-state index is 8.87. The molecule has 4 nitrogen and oxygen atoms in total. The second-order valence-electron chi connectivity index (χ2n) is 5.03. The van der Waals surface area contributed by atoms with Gasteiger partial charge in [0.25, 0.3) is 0 Å². The van der Waals surface area contributed by atoms with E-state index in [-0.39, 0.29) is 0 Å². The molecule has 122 valence electrons. The lowest BCUT2D eigenvalue weighted by molar-refractivity contribution is 1.29. The summed E-state index contributed by atoms with van der Waals surface area (Å²) >= 11 is 7.37. The SMILES string of the molecule is N#Cc1cccc(/C=C/C=N/Nc2nc(-c3ccc(Cl)cc3)cs2)c1. The van der Waals surface area contributed by atoms with Crippen molar-refractivity contribution in [2.24, 2.45) is 5.10 Å². The molecule has 6 heteroatoms. The Morgan fingerprint density at radius 2 is 2.04 bits per heavy atom. The van der Waals surface area contributed by atoms with E-state index in [1.54, 1.807) is 18.4 Å². The molecule has 0 aliphatic heterocycles. The normalized spacial score (nSPS) is 11.0. The van der Waals surface area contributed by atoms with Crippen LogP contribution in [-0.4, -0.2) is 11.2 Å². The smallest absolute Gasteiger partial charge is 0.203 e. The predicted molar refractivity (Wildman–Crippen MR) is 105 cm³/mol. The van der Waals surface area contributed by atoms with Crippen LogP contribution in [0.25, 0.3) is 17.3 Å². The molecule has 3 aromatic rings. The molecule has 0 spiro atoms. The number of hydrogen-bond donors (Lipinski definition) is 1. The van der Waals surface area contributed by atoms with Gasteiger partial charge in [-0.25, -0.2) is 4.98 Å². The van der Waals surface area contributed by atoms with Crippen LogP contribution in [0.3, 0.4) is 0 Å². The number of anilines is 1. The molecule has 0 saturated heterocycles. The summed E-state index contributed by atoms with van der Waals surface area (Å²) in [6.07, 6.45) is 5.33. The third-order valence-electron chi connectivity index (χ3n) is 3.27. The number of thiazole rings is 1. The second kappa shape index (κ2) is 8.25. The van der Waals surface area contributed by atoms with Crippen LogP contribution in [0.1, 0.15) is 11.1 Å². The Balaban J connectivity index is 1.58. The van der Waals surface area contributed by atoms with E-state index < -0.39 is 0 Å². The van der Waals surface area contributed by atoms with Gasteiger partial charge in [0.05, 0.1) is 17.3 Å². The number of nitrogens with one attached hydrogen (secondary N) is 1.